The highest BCUT2D eigenvalue weighted by Gasteiger charge is 2.39. The summed E-state index contributed by atoms with van der Waals surface area (Å²) in [6.07, 6.45) is 0.337. The molecule has 1 unspecified atom stereocenters. The van der Waals surface area contributed by atoms with Gasteiger partial charge in [-0.25, -0.2) is 0 Å². The second-order valence-electron chi connectivity index (χ2n) is 7.34. The van der Waals surface area contributed by atoms with Crippen LogP contribution in [0.15, 0.2) is 76.7 Å². The van der Waals surface area contributed by atoms with Gasteiger partial charge in [0.05, 0.1) is 38.0 Å². The van der Waals surface area contributed by atoms with Crippen molar-refractivity contribution >= 4 is 27.3 Å². The van der Waals surface area contributed by atoms with E-state index in [1.807, 2.05) is 24.3 Å². The van der Waals surface area contributed by atoms with E-state index in [0.717, 1.165) is 9.98 Å². The molecule has 1 aliphatic rings. The number of methoxy groups -OCH3 is 3. The lowest BCUT2D eigenvalue weighted by Gasteiger charge is -2.25. The van der Waals surface area contributed by atoms with E-state index in [0.29, 0.717) is 40.0 Å². The first kappa shape index (κ1) is 22.9. The summed E-state index contributed by atoms with van der Waals surface area (Å²) in [7, 11) is 0.686. The van der Waals surface area contributed by atoms with Gasteiger partial charge in [-0.2, -0.15) is 17.9 Å². The van der Waals surface area contributed by atoms with E-state index in [-0.39, 0.29) is 4.90 Å². The Hall–Kier alpha value is -3.23. The summed E-state index contributed by atoms with van der Waals surface area (Å²) in [5.74, 6) is 1.79. The zero-order valence-electron chi connectivity index (χ0n) is 18.4. The van der Waals surface area contributed by atoms with Gasteiger partial charge in [-0.3, -0.25) is 0 Å². The van der Waals surface area contributed by atoms with Gasteiger partial charge in [0.2, 0.25) is 0 Å². The molecule has 0 radical (unpaired) electrons. The van der Waals surface area contributed by atoms with Crippen molar-refractivity contribution in [3.05, 3.63) is 82.9 Å². The van der Waals surface area contributed by atoms with Gasteiger partial charge >= 0.3 is 0 Å². The number of benzene rings is 3. The lowest BCUT2D eigenvalue weighted by atomic mass is 9.98. The van der Waals surface area contributed by atoms with E-state index in [1.54, 1.807) is 51.7 Å². The van der Waals surface area contributed by atoms with Crippen molar-refractivity contribution in [1.82, 2.24) is 4.41 Å². The highest BCUT2D eigenvalue weighted by molar-refractivity contribution is 7.89. The standard InChI is InChI=1S/C24H23ClN2O5S/c1-30-18-6-4-5-16(13-18)22-15-23(21-14-19(31-2)9-12-24(21)32-3)27(26-22)33(28,29)20-10-7-17(25)8-11-20/h4-14,23H,15H2,1-3H3. The second kappa shape index (κ2) is 9.33. The number of ether oxygens (including phenoxy) is 3. The fourth-order valence-electron chi connectivity index (χ4n) is 3.73. The molecule has 1 heterocycles. The Labute approximate surface area is 198 Å². The smallest absolute Gasteiger partial charge is 0.279 e. The Morgan fingerprint density at radius 3 is 2.27 bits per heavy atom. The molecule has 0 bridgehead atoms. The summed E-state index contributed by atoms with van der Waals surface area (Å²) in [6.45, 7) is 0. The predicted octanol–water partition coefficient (Wildman–Crippen LogP) is 4.91. The zero-order valence-corrected chi connectivity index (χ0v) is 19.9. The van der Waals surface area contributed by atoms with Crippen LogP contribution >= 0.6 is 11.6 Å². The Morgan fingerprint density at radius 1 is 0.909 bits per heavy atom. The van der Waals surface area contributed by atoms with Gasteiger partial charge in [0.25, 0.3) is 10.0 Å². The molecule has 0 saturated heterocycles. The topological polar surface area (TPSA) is 77.4 Å². The van der Waals surface area contributed by atoms with Gasteiger partial charge in [-0.05, 0) is 54.6 Å². The van der Waals surface area contributed by atoms with Crippen LogP contribution in [0.4, 0.5) is 0 Å². The third-order valence-electron chi connectivity index (χ3n) is 5.43. The van der Waals surface area contributed by atoms with Crippen molar-refractivity contribution in [3.63, 3.8) is 0 Å². The molecule has 0 N–H and O–H groups in total. The van der Waals surface area contributed by atoms with Crippen LogP contribution in [0.1, 0.15) is 23.6 Å². The molecule has 0 amide bonds. The average molecular weight is 487 g/mol. The van der Waals surface area contributed by atoms with Crippen LogP contribution in [0.25, 0.3) is 0 Å². The van der Waals surface area contributed by atoms with Crippen LogP contribution in [-0.4, -0.2) is 39.9 Å². The van der Waals surface area contributed by atoms with Crippen molar-refractivity contribution in [3.8, 4) is 17.2 Å². The van der Waals surface area contributed by atoms with Crippen molar-refractivity contribution in [2.45, 2.75) is 17.4 Å². The molecule has 9 heteroatoms. The maximum Gasteiger partial charge on any atom is 0.279 e. The Balaban J connectivity index is 1.86. The summed E-state index contributed by atoms with van der Waals surface area (Å²) < 4.78 is 44.7. The van der Waals surface area contributed by atoms with E-state index in [2.05, 4.69) is 5.10 Å². The first-order valence-corrected chi connectivity index (χ1v) is 11.9. The minimum atomic E-state index is -3.99. The number of nitrogens with zero attached hydrogens (tertiary/aromatic N) is 2. The van der Waals surface area contributed by atoms with Crippen molar-refractivity contribution in [2.24, 2.45) is 5.10 Å². The van der Waals surface area contributed by atoms with Gasteiger partial charge in [-0.15, -0.1) is 0 Å². The van der Waals surface area contributed by atoms with Gasteiger partial charge in [0.1, 0.15) is 17.2 Å². The first-order chi connectivity index (χ1) is 15.9. The third-order valence-corrected chi connectivity index (χ3v) is 7.38. The highest BCUT2D eigenvalue weighted by Crippen LogP contribution is 2.42. The molecule has 0 aromatic heterocycles. The second-order valence-corrected chi connectivity index (χ2v) is 9.57. The van der Waals surface area contributed by atoms with Gasteiger partial charge in [0, 0.05) is 22.6 Å². The number of hydrogen-bond acceptors (Lipinski definition) is 6. The number of hydrazone groups is 1. The fourth-order valence-corrected chi connectivity index (χ4v) is 5.28. The zero-order chi connectivity index (χ0) is 23.6. The number of rotatable bonds is 7. The Kier molecular flexibility index (Phi) is 6.49. The lowest BCUT2D eigenvalue weighted by molar-refractivity contribution is 0.346. The Bertz CT molecular complexity index is 1290. The van der Waals surface area contributed by atoms with Crippen LogP contribution < -0.4 is 14.2 Å². The highest BCUT2D eigenvalue weighted by atomic mass is 35.5. The monoisotopic (exact) mass is 486 g/mol. The molecule has 0 fully saturated rings. The van der Waals surface area contributed by atoms with Crippen molar-refractivity contribution in [1.29, 1.82) is 0 Å². The maximum absolute atomic E-state index is 13.7. The van der Waals surface area contributed by atoms with Gasteiger partial charge in [-0.1, -0.05) is 23.7 Å². The van der Waals surface area contributed by atoms with Crippen LogP contribution in [0.2, 0.25) is 5.02 Å². The fraction of sp³-hybridized carbons (Fsp3) is 0.208. The van der Waals surface area contributed by atoms with Crippen LogP contribution in [0, 0.1) is 0 Å². The molecule has 0 aliphatic carbocycles. The third kappa shape index (κ3) is 4.49. The minimum absolute atomic E-state index is 0.0920. The van der Waals surface area contributed by atoms with Crippen molar-refractivity contribution in [2.75, 3.05) is 21.3 Å². The Morgan fingerprint density at radius 2 is 1.61 bits per heavy atom. The molecule has 172 valence electrons. The minimum Gasteiger partial charge on any atom is -0.497 e. The molecule has 0 spiro atoms. The van der Waals surface area contributed by atoms with Crippen LogP contribution in [0.5, 0.6) is 17.2 Å². The number of sulfonamides is 1. The molecule has 3 aromatic carbocycles. The molecule has 33 heavy (non-hydrogen) atoms. The summed E-state index contributed by atoms with van der Waals surface area (Å²) in [5.41, 5.74) is 2.03. The average Bonchev–Trinajstić information content (AvgIpc) is 3.30. The molecule has 4 rings (SSSR count). The molecule has 1 aliphatic heterocycles. The number of hydrogen-bond donors (Lipinski definition) is 0. The van der Waals surface area contributed by atoms with E-state index < -0.39 is 16.1 Å². The molecule has 3 aromatic rings. The maximum atomic E-state index is 13.7. The first-order valence-electron chi connectivity index (χ1n) is 10.1. The van der Waals surface area contributed by atoms with Crippen LogP contribution in [-0.2, 0) is 10.0 Å². The van der Waals surface area contributed by atoms with E-state index in [9.17, 15) is 8.42 Å². The number of halogens is 1. The molecule has 0 saturated carbocycles. The normalized spacial score (nSPS) is 15.8. The summed E-state index contributed by atoms with van der Waals surface area (Å²) in [5, 5.41) is 5.02. The van der Waals surface area contributed by atoms with Gasteiger partial charge in [0.15, 0.2) is 0 Å². The molecular formula is C24H23ClN2O5S. The summed E-state index contributed by atoms with van der Waals surface area (Å²) in [4.78, 5) is 0.0920. The molecule has 7 nitrogen and oxygen atoms in total. The quantitative estimate of drug-likeness (QED) is 0.474. The van der Waals surface area contributed by atoms with Crippen molar-refractivity contribution < 1.29 is 22.6 Å². The van der Waals surface area contributed by atoms with Crippen LogP contribution in [0.3, 0.4) is 0 Å². The SMILES string of the molecule is COc1cccc(C2=NN(S(=O)(=O)c3ccc(Cl)cc3)C(c3cc(OC)ccc3OC)C2)c1. The summed E-state index contributed by atoms with van der Waals surface area (Å²) >= 11 is 5.97. The lowest BCUT2D eigenvalue weighted by Crippen LogP contribution is -2.27. The summed E-state index contributed by atoms with van der Waals surface area (Å²) in [6, 6.07) is 18.0. The predicted molar refractivity (Wildman–Crippen MR) is 127 cm³/mol. The van der Waals surface area contributed by atoms with E-state index >= 15 is 0 Å². The van der Waals surface area contributed by atoms with E-state index in [1.165, 1.54) is 12.1 Å². The molecular weight excluding hydrogens is 464 g/mol. The largest absolute Gasteiger partial charge is 0.497 e. The molecule has 1 atom stereocenters. The van der Waals surface area contributed by atoms with E-state index in [4.69, 9.17) is 25.8 Å². The van der Waals surface area contributed by atoms with Gasteiger partial charge < -0.3 is 14.2 Å².